The van der Waals surface area contributed by atoms with Crippen LogP contribution in [0.4, 0.5) is 4.79 Å². The molecule has 0 radical (unpaired) electrons. The highest BCUT2D eigenvalue weighted by atomic mass is 16.5. The molecule has 1 atom stereocenters. The molecule has 1 fully saturated rings. The van der Waals surface area contributed by atoms with E-state index in [1.165, 1.54) is 41.5 Å². The van der Waals surface area contributed by atoms with Gasteiger partial charge < -0.3 is 15.2 Å². The van der Waals surface area contributed by atoms with Crippen molar-refractivity contribution in [3.8, 4) is 11.1 Å². The molecule has 4 rings (SSSR count). The van der Waals surface area contributed by atoms with Crippen molar-refractivity contribution in [2.24, 2.45) is 5.92 Å². The summed E-state index contributed by atoms with van der Waals surface area (Å²) in [6.07, 6.45) is 4.76. The SMILES string of the molecule is O=C(NCC(O)C1CCCCC1)OCC1c2ccccc2-c2ccccc21. The fourth-order valence-electron chi connectivity index (χ4n) is 4.52. The summed E-state index contributed by atoms with van der Waals surface area (Å²) in [5.41, 5.74) is 4.84. The van der Waals surface area contributed by atoms with Crippen molar-refractivity contribution in [1.29, 1.82) is 0 Å². The van der Waals surface area contributed by atoms with Gasteiger partial charge in [0.1, 0.15) is 6.61 Å². The molecule has 1 saturated carbocycles. The number of nitrogens with one attached hydrogen (secondary N) is 1. The number of carbonyl (C=O) groups is 1. The molecule has 2 aliphatic rings. The van der Waals surface area contributed by atoms with Crippen LogP contribution in [0.15, 0.2) is 48.5 Å². The van der Waals surface area contributed by atoms with E-state index in [0.717, 1.165) is 12.8 Å². The maximum absolute atomic E-state index is 12.2. The van der Waals surface area contributed by atoms with Crippen LogP contribution in [-0.4, -0.2) is 30.5 Å². The van der Waals surface area contributed by atoms with E-state index in [2.05, 4.69) is 29.6 Å². The number of carbonyl (C=O) groups excluding carboxylic acids is 1. The van der Waals surface area contributed by atoms with Gasteiger partial charge in [-0.1, -0.05) is 67.8 Å². The molecule has 0 aromatic heterocycles. The zero-order valence-electron chi connectivity index (χ0n) is 15.6. The third-order valence-corrected chi connectivity index (χ3v) is 5.99. The van der Waals surface area contributed by atoms with Gasteiger partial charge >= 0.3 is 6.09 Å². The second-order valence-electron chi connectivity index (χ2n) is 7.67. The van der Waals surface area contributed by atoms with Gasteiger partial charge in [0, 0.05) is 12.5 Å². The largest absolute Gasteiger partial charge is 0.449 e. The third-order valence-electron chi connectivity index (χ3n) is 5.99. The third kappa shape index (κ3) is 3.86. The molecular formula is C23H27NO3. The lowest BCUT2D eigenvalue weighted by Crippen LogP contribution is -2.37. The van der Waals surface area contributed by atoms with Crippen LogP contribution in [0.5, 0.6) is 0 Å². The van der Waals surface area contributed by atoms with Crippen LogP contribution in [0.1, 0.15) is 49.1 Å². The monoisotopic (exact) mass is 365 g/mol. The number of benzene rings is 2. The first-order valence-electron chi connectivity index (χ1n) is 10.0. The molecule has 4 nitrogen and oxygen atoms in total. The van der Waals surface area contributed by atoms with Gasteiger partial charge in [-0.05, 0) is 41.0 Å². The number of hydrogen-bond acceptors (Lipinski definition) is 3. The molecule has 27 heavy (non-hydrogen) atoms. The van der Waals surface area contributed by atoms with Crippen molar-refractivity contribution < 1.29 is 14.6 Å². The Morgan fingerprint density at radius 2 is 1.59 bits per heavy atom. The van der Waals surface area contributed by atoms with Gasteiger partial charge in [0.2, 0.25) is 0 Å². The van der Waals surface area contributed by atoms with E-state index in [9.17, 15) is 9.90 Å². The molecule has 2 aliphatic carbocycles. The van der Waals surface area contributed by atoms with Gasteiger partial charge in [-0.2, -0.15) is 0 Å². The Kier molecular flexibility index (Phi) is 5.44. The smallest absolute Gasteiger partial charge is 0.407 e. The van der Waals surface area contributed by atoms with Crippen LogP contribution in [0.2, 0.25) is 0 Å². The number of alkyl carbamates (subject to hydrolysis) is 1. The summed E-state index contributed by atoms with van der Waals surface area (Å²) in [4.78, 5) is 12.2. The summed E-state index contributed by atoms with van der Waals surface area (Å²) < 4.78 is 5.52. The van der Waals surface area contributed by atoms with Gasteiger partial charge in [0.25, 0.3) is 0 Å². The quantitative estimate of drug-likeness (QED) is 0.822. The number of fused-ring (bicyclic) bond motifs is 3. The minimum absolute atomic E-state index is 0.0615. The molecule has 0 spiro atoms. The average molecular weight is 365 g/mol. The minimum atomic E-state index is -0.481. The first-order valence-corrected chi connectivity index (χ1v) is 10.0. The summed E-state index contributed by atoms with van der Waals surface area (Å²) >= 11 is 0. The molecule has 1 unspecified atom stereocenters. The Labute approximate surface area is 160 Å². The van der Waals surface area contributed by atoms with E-state index >= 15 is 0 Å². The van der Waals surface area contributed by atoms with E-state index in [-0.39, 0.29) is 12.5 Å². The fraction of sp³-hybridized carbons (Fsp3) is 0.435. The van der Waals surface area contributed by atoms with Gasteiger partial charge in [0.15, 0.2) is 0 Å². The lowest BCUT2D eigenvalue weighted by molar-refractivity contribution is 0.0787. The van der Waals surface area contributed by atoms with E-state index in [4.69, 9.17) is 4.74 Å². The lowest BCUT2D eigenvalue weighted by Gasteiger charge is -2.26. The highest BCUT2D eigenvalue weighted by Crippen LogP contribution is 2.44. The highest BCUT2D eigenvalue weighted by Gasteiger charge is 2.29. The Bertz CT molecular complexity index is 752. The summed E-state index contributed by atoms with van der Waals surface area (Å²) in [5, 5.41) is 13.0. The van der Waals surface area contributed by atoms with Gasteiger partial charge in [-0.15, -0.1) is 0 Å². The Hall–Kier alpha value is -2.33. The van der Waals surface area contributed by atoms with Crippen molar-refractivity contribution >= 4 is 6.09 Å². The summed E-state index contributed by atoms with van der Waals surface area (Å²) in [7, 11) is 0. The molecule has 0 saturated heterocycles. The van der Waals surface area contributed by atoms with Crippen molar-refractivity contribution in [3.05, 3.63) is 59.7 Å². The summed E-state index contributed by atoms with van der Waals surface area (Å²) in [5.74, 6) is 0.360. The molecular weight excluding hydrogens is 338 g/mol. The molecule has 0 aliphatic heterocycles. The van der Waals surface area contributed by atoms with E-state index in [0.29, 0.717) is 12.5 Å². The van der Waals surface area contributed by atoms with Gasteiger partial charge in [-0.25, -0.2) is 4.79 Å². The molecule has 2 aromatic carbocycles. The first kappa shape index (κ1) is 18.1. The maximum Gasteiger partial charge on any atom is 0.407 e. The van der Waals surface area contributed by atoms with Crippen molar-refractivity contribution in [3.63, 3.8) is 0 Å². The van der Waals surface area contributed by atoms with Crippen LogP contribution < -0.4 is 5.32 Å². The number of amides is 1. The number of aliphatic hydroxyl groups is 1. The maximum atomic E-state index is 12.2. The molecule has 2 N–H and O–H groups in total. The highest BCUT2D eigenvalue weighted by molar-refractivity contribution is 5.79. The van der Waals surface area contributed by atoms with Gasteiger partial charge in [0.05, 0.1) is 6.10 Å². The predicted molar refractivity (Wildman–Crippen MR) is 106 cm³/mol. The molecule has 0 heterocycles. The second-order valence-corrected chi connectivity index (χ2v) is 7.67. The average Bonchev–Trinajstić information content (AvgIpc) is 3.05. The van der Waals surface area contributed by atoms with Crippen LogP contribution in [-0.2, 0) is 4.74 Å². The minimum Gasteiger partial charge on any atom is -0.449 e. The van der Waals surface area contributed by atoms with Gasteiger partial charge in [-0.3, -0.25) is 0 Å². The first-order chi connectivity index (χ1) is 13.2. The number of rotatable bonds is 5. The summed E-state index contributed by atoms with van der Waals surface area (Å²) in [6, 6.07) is 16.6. The standard InChI is InChI=1S/C23H27NO3/c25-22(16-8-2-1-3-9-16)14-24-23(26)27-15-21-19-12-6-4-10-17(19)18-11-5-7-13-20(18)21/h4-7,10-13,16,21-22,25H,1-3,8-9,14-15H2,(H,24,26). The van der Waals surface area contributed by atoms with Crippen LogP contribution >= 0.6 is 0 Å². The Morgan fingerprint density at radius 3 is 2.22 bits per heavy atom. The van der Waals surface area contributed by atoms with Crippen LogP contribution in [0.3, 0.4) is 0 Å². The number of hydrogen-bond donors (Lipinski definition) is 2. The summed E-state index contributed by atoms with van der Waals surface area (Å²) in [6.45, 7) is 0.570. The Balaban J connectivity index is 1.34. The van der Waals surface area contributed by atoms with Crippen LogP contribution in [0.25, 0.3) is 11.1 Å². The normalized spacial score (nSPS) is 17.8. The van der Waals surface area contributed by atoms with Crippen molar-refractivity contribution in [2.45, 2.75) is 44.1 Å². The van der Waals surface area contributed by atoms with Crippen molar-refractivity contribution in [2.75, 3.05) is 13.2 Å². The van der Waals surface area contributed by atoms with E-state index in [1.807, 2.05) is 24.3 Å². The number of aliphatic hydroxyl groups excluding tert-OH is 1. The molecule has 2 aromatic rings. The van der Waals surface area contributed by atoms with E-state index < -0.39 is 12.2 Å². The zero-order chi connectivity index (χ0) is 18.6. The van der Waals surface area contributed by atoms with Crippen molar-refractivity contribution in [1.82, 2.24) is 5.32 Å². The topological polar surface area (TPSA) is 58.6 Å². The molecule has 142 valence electrons. The number of ether oxygens (including phenoxy) is 1. The molecule has 0 bridgehead atoms. The fourth-order valence-corrected chi connectivity index (χ4v) is 4.52. The molecule has 4 heteroatoms. The Morgan fingerprint density at radius 1 is 1.00 bits per heavy atom. The predicted octanol–water partition coefficient (Wildman–Crippen LogP) is 4.47. The lowest BCUT2D eigenvalue weighted by atomic mass is 9.85. The zero-order valence-corrected chi connectivity index (χ0v) is 15.6. The van der Waals surface area contributed by atoms with E-state index in [1.54, 1.807) is 0 Å². The second kappa shape index (κ2) is 8.13. The van der Waals surface area contributed by atoms with Crippen LogP contribution in [0, 0.1) is 5.92 Å². The molecule has 1 amide bonds.